The number of hydrogen-bond donors (Lipinski definition) is 1. The van der Waals surface area contributed by atoms with Crippen LogP contribution in [0.15, 0.2) is 35.3 Å². The molecule has 2 aliphatic heterocycles. The Bertz CT molecular complexity index is 681. The second kappa shape index (κ2) is 12.5. The summed E-state index contributed by atoms with van der Waals surface area (Å²) in [5.74, 6) is 1.79. The van der Waals surface area contributed by atoms with Crippen LogP contribution in [0.4, 0.5) is 0 Å². The number of benzene rings is 1. The number of guanidine groups is 1. The van der Waals surface area contributed by atoms with Gasteiger partial charge >= 0.3 is 0 Å². The topological polar surface area (TPSA) is 51.2 Å². The van der Waals surface area contributed by atoms with E-state index in [1.54, 1.807) is 19.0 Å². The zero-order valence-electron chi connectivity index (χ0n) is 18.7. The smallest absolute Gasteiger partial charge is 0.223 e. The summed E-state index contributed by atoms with van der Waals surface area (Å²) in [7, 11) is 3.60. The third-order valence-electron chi connectivity index (χ3n) is 6.13. The zero-order valence-corrected chi connectivity index (χ0v) is 21.0. The van der Waals surface area contributed by atoms with E-state index in [0.29, 0.717) is 24.9 Å². The number of fused-ring (bicyclic) bond motifs is 1. The fourth-order valence-corrected chi connectivity index (χ4v) is 4.62. The Morgan fingerprint density at radius 2 is 1.97 bits per heavy atom. The molecule has 2 fully saturated rings. The highest BCUT2D eigenvalue weighted by Gasteiger charge is 2.36. The summed E-state index contributed by atoms with van der Waals surface area (Å²) >= 11 is 0. The first-order valence-corrected chi connectivity index (χ1v) is 11.1. The van der Waals surface area contributed by atoms with Gasteiger partial charge in [0.2, 0.25) is 5.91 Å². The van der Waals surface area contributed by atoms with Gasteiger partial charge in [-0.1, -0.05) is 30.3 Å². The molecule has 168 valence electrons. The maximum absolute atomic E-state index is 11.8. The Labute approximate surface area is 199 Å². The molecule has 2 aliphatic rings. The molecule has 7 heteroatoms. The van der Waals surface area contributed by atoms with Gasteiger partial charge in [-0.05, 0) is 44.2 Å². The highest BCUT2D eigenvalue weighted by atomic mass is 127. The van der Waals surface area contributed by atoms with E-state index >= 15 is 0 Å². The molecule has 2 unspecified atom stereocenters. The standard InChI is InChI=1S/C23H37N5O.HI/c1-4-24-23(25-14-12-22(29)26(2)3)28-16-13-21-20(18-28)11-8-15-27(21)17-19-9-6-5-7-10-19;/h5-7,9-10,20-21H,4,8,11-18H2,1-3H3,(H,24,25);1H. The van der Waals surface area contributed by atoms with Crippen molar-refractivity contribution in [3.63, 3.8) is 0 Å². The molecule has 0 bridgehead atoms. The molecule has 1 N–H and O–H groups in total. The van der Waals surface area contributed by atoms with Crippen LogP contribution in [0.1, 0.15) is 38.2 Å². The molecule has 30 heavy (non-hydrogen) atoms. The summed E-state index contributed by atoms with van der Waals surface area (Å²) < 4.78 is 0. The number of carbonyl (C=O) groups excluding carboxylic acids is 1. The third kappa shape index (κ3) is 6.83. The molecule has 0 saturated carbocycles. The van der Waals surface area contributed by atoms with Crippen LogP contribution in [0.25, 0.3) is 0 Å². The molecule has 2 atom stereocenters. The van der Waals surface area contributed by atoms with E-state index in [1.165, 1.54) is 31.4 Å². The van der Waals surface area contributed by atoms with Gasteiger partial charge in [-0.3, -0.25) is 14.7 Å². The molecule has 2 saturated heterocycles. The van der Waals surface area contributed by atoms with Crippen LogP contribution in [-0.2, 0) is 11.3 Å². The summed E-state index contributed by atoms with van der Waals surface area (Å²) in [5.41, 5.74) is 1.41. The Morgan fingerprint density at radius 3 is 2.67 bits per heavy atom. The Kier molecular flexibility index (Phi) is 10.4. The van der Waals surface area contributed by atoms with Crippen LogP contribution < -0.4 is 5.32 Å². The van der Waals surface area contributed by atoms with Crippen LogP contribution in [0.5, 0.6) is 0 Å². The average molecular weight is 527 g/mol. The lowest BCUT2D eigenvalue weighted by molar-refractivity contribution is -0.128. The number of likely N-dealkylation sites (tertiary alicyclic amines) is 2. The third-order valence-corrected chi connectivity index (χ3v) is 6.13. The van der Waals surface area contributed by atoms with Gasteiger partial charge in [-0.2, -0.15) is 0 Å². The SMILES string of the molecule is CCNC(=NCCC(=O)N(C)C)N1CCC2C(CCCN2Cc2ccccc2)C1.I. The molecule has 6 nitrogen and oxygen atoms in total. The van der Waals surface area contributed by atoms with Crippen molar-refractivity contribution in [1.29, 1.82) is 0 Å². The number of nitrogens with zero attached hydrogens (tertiary/aromatic N) is 4. The van der Waals surface area contributed by atoms with Crippen LogP contribution in [-0.4, -0.2) is 79.4 Å². The molecule has 2 heterocycles. The van der Waals surface area contributed by atoms with Crippen molar-refractivity contribution in [1.82, 2.24) is 20.0 Å². The highest BCUT2D eigenvalue weighted by Crippen LogP contribution is 2.31. The van der Waals surface area contributed by atoms with Crippen molar-refractivity contribution in [2.24, 2.45) is 10.9 Å². The molecular weight excluding hydrogens is 489 g/mol. The lowest BCUT2D eigenvalue weighted by atomic mass is 9.83. The van der Waals surface area contributed by atoms with Gasteiger partial charge in [0.15, 0.2) is 5.96 Å². The maximum atomic E-state index is 11.8. The number of carbonyl (C=O) groups is 1. The molecule has 0 spiro atoms. The summed E-state index contributed by atoms with van der Waals surface area (Å²) in [6.45, 7) is 7.85. The molecule has 3 rings (SSSR count). The van der Waals surface area contributed by atoms with Crippen molar-refractivity contribution in [2.45, 2.75) is 45.2 Å². The van der Waals surface area contributed by atoms with Gasteiger partial charge in [0.1, 0.15) is 0 Å². The minimum Gasteiger partial charge on any atom is -0.357 e. The van der Waals surface area contributed by atoms with Crippen molar-refractivity contribution >= 4 is 35.8 Å². The monoisotopic (exact) mass is 527 g/mol. The molecule has 0 aliphatic carbocycles. The first kappa shape index (κ1) is 24.9. The second-order valence-corrected chi connectivity index (χ2v) is 8.43. The van der Waals surface area contributed by atoms with Gasteiger partial charge in [-0.15, -0.1) is 24.0 Å². The Hall–Kier alpha value is -1.35. The number of amides is 1. The van der Waals surface area contributed by atoms with E-state index < -0.39 is 0 Å². The van der Waals surface area contributed by atoms with Gasteiger partial charge in [0.25, 0.3) is 0 Å². The van der Waals surface area contributed by atoms with Crippen LogP contribution >= 0.6 is 24.0 Å². The fraction of sp³-hybridized carbons (Fsp3) is 0.652. The van der Waals surface area contributed by atoms with E-state index in [9.17, 15) is 4.79 Å². The molecule has 1 aromatic rings. The number of nitrogens with one attached hydrogen (secondary N) is 1. The van der Waals surface area contributed by atoms with Crippen molar-refractivity contribution in [2.75, 3.05) is 46.8 Å². The van der Waals surface area contributed by atoms with Crippen LogP contribution in [0.3, 0.4) is 0 Å². The number of hydrogen-bond acceptors (Lipinski definition) is 3. The van der Waals surface area contributed by atoms with Gasteiger partial charge in [0, 0.05) is 52.7 Å². The van der Waals surface area contributed by atoms with E-state index in [2.05, 4.69) is 52.4 Å². The lowest BCUT2D eigenvalue weighted by Gasteiger charge is -2.48. The van der Waals surface area contributed by atoms with Gasteiger partial charge < -0.3 is 15.1 Å². The Balaban J connectivity index is 0.00000320. The van der Waals surface area contributed by atoms with Crippen molar-refractivity contribution in [3.05, 3.63) is 35.9 Å². The predicted molar refractivity (Wildman–Crippen MR) is 134 cm³/mol. The lowest BCUT2D eigenvalue weighted by Crippen LogP contribution is -2.56. The molecule has 1 amide bonds. The van der Waals surface area contributed by atoms with E-state index in [-0.39, 0.29) is 29.9 Å². The normalized spacial score (nSPS) is 22.1. The molecular formula is C23H38IN5O. The predicted octanol–water partition coefficient (Wildman–Crippen LogP) is 3.03. The fourth-order valence-electron chi connectivity index (χ4n) is 4.62. The van der Waals surface area contributed by atoms with Crippen molar-refractivity contribution < 1.29 is 4.79 Å². The number of halogens is 1. The summed E-state index contributed by atoms with van der Waals surface area (Å²) in [4.78, 5) is 23.3. The molecule has 0 aromatic heterocycles. The molecule has 1 aromatic carbocycles. The largest absolute Gasteiger partial charge is 0.357 e. The minimum atomic E-state index is 0. The van der Waals surface area contributed by atoms with Crippen LogP contribution in [0, 0.1) is 5.92 Å². The van der Waals surface area contributed by atoms with Gasteiger partial charge in [0.05, 0.1) is 6.54 Å². The summed E-state index contributed by atoms with van der Waals surface area (Å²) in [6.07, 6.45) is 4.21. The Morgan fingerprint density at radius 1 is 1.20 bits per heavy atom. The van der Waals surface area contributed by atoms with Crippen molar-refractivity contribution in [3.8, 4) is 0 Å². The minimum absolute atomic E-state index is 0. The number of aliphatic imine (C=N–C) groups is 1. The van der Waals surface area contributed by atoms with E-state index in [1.807, 2.05) is 0 Å². The second-order valence-electron chi connectivity index (χ2n) is 8.43. The first-order valence-electron chi connectivity index (χ1n) is 11.1. The molecule has 0 radical (unpaired) electrons. The van der Waals surface area contributed by atoms with Gasteiger partial charge in [-0.25, -0.2) is 0 Å². The van der Waals surface area contributed by atoms with Crippen LogP contribution in [0.2, 0.25) is 0 Å². The average Bonchev–Trinajstić information content (AvgIpc) is 2.73. The first-order chi connectivity index (χ1) is 14.1. The summed E-state index contributed by atoms with van der Waals surface area (Å²) in [5, 5.41) is 3.44. The van der Waals surface area contributed by atoms with E-state index in [0.717, 1.165) is 32.1 Å². The zero-order chi connectivity index (χ0) is 20.6. The highest BCUT2D eigenvalue weighted by molar-refractivity contribution is 14.0. The number of rotatable bonds is 6. The maximum Gasteiger partial charge on any atom is 0.223 e. The number of piperidine rings is 2. The van der Waals surface area contributed by atoms with E-state index in [4.69, 9.17) is 4.99 Å². The summed E-state index contributed by atoms with van der Waals surface area (Å²) in [6, 6.07) is 11.5. The quantitative estimate of drug-likeness (QED) is 0.351.